The number of hydrogen-bond donors (Lipinski definition) is 3. The highest BCUT2D eigenvalue weighted by molar-refractivity contribution is 6.12. The molecule has 0 bridgehead atoms. The molecule has 3 aromatic rings. The van der Waals surface area contributed by atoms with Gasteiger partial charge in [0.15, 0.2) is 0 Å². The fourth-order valence-corrected chi connectivity index (χ4v) is 3.41. The van der Waals surface area contributed by atoms with Crippen molar-refractivity contribution in [2.24, 2.45) is 0 Å². The molecule has 1 amide bonds. The van der Waals surface area contributed by atoms with Crippen LogP contribution in [0.3, 0.4) is 0 Å². The first-order valence-electron chi connectivity index (χ1n) is 9.14. The fourth-order valence-electron chi connectivity index (χ4n) is 3.41. The number of nitrogens with one attached hydrogen (secondary N) is 2. The number of methoxy groups -OCH3 is 1. The van der Waals surface area contributed by atoms with Gasteiger partial charge in [-0.25, -0.2) is 0 Å². The van der Waals surface area contributed by atoms with Crippen molar-refractivity contribution in [3.05, 3.63) is 71.3 Å². The van der Waals surface area contributed by atoms with E-state index in [1.165, 1.54) is 7.11 Å². The third-order valence-electron chi connectivity index (χ3n) is 4.88. The number of nitrogens with zero attached hydrogens (tertiary/aromatic N) is 1. The number of aliphatic carboxylic acids is 1. The normalized spacial score (nSPS) is 11.8. The molecule has 0 aromatic heterocycles. The number of hydrogen-bond acceptors (Lipinski definition) is 5. The van der Waals surface area contributed by atoms with E-state index >= 15 is 0 Å². The van der Waals surface area contributed by atoms with Gasteiger partial charge < -0.3 is 20.5 Å². The zero-order valence-electron chi connectivity index (χ0n) is 16.0. The largest absolute Gasteiger partial charge is 0.495 e. The van der Waals surface area contributed by atoms with E-state index in [-0.39, 0.29) is 12.3 Å². The summed E-state index contributed by atoms with van der Waals surface area (Å²) in [7, 11) is 1.51. The number of rotatable bonds is 4. The SMILES string of the molecule is COc1cc(-c2ccc3c(c2)Nc2ccc(CC(=O)O)cc2NC3=O)ccc1C#N. The van der Waals surface area contributed by atoms with Crippen LogP contribution in [-0.2, 0) is 11.2 Å². The van der Waals surface area contributed by atoms with Crippen LogP contribution in [-0.4, -0.2) is 24.1 Å². The third-order valence-corrected chi connectivity index (χ3v) is 4.88. The van der Waals surface area contributed by atoms with Gasteiger partial charge in [0, 0.05) is 0 Å². The van der Waals surface area contributed by atoms with E-state index in [0.29, 0.717) is 39.5 Å². The number of fused-ring (bicyclic) bond motifs is 2. The highest BCUT2D eigenvalue weighted by Gasteiger charge is 2.20. The molecule has 1 aliphatic rings. The molecule has 0 atom stereocenters. The number of carbonyl (C=O) groups excluding carboxylic acids is 1. The highest BCUT2D eigenvalue weighted by atomic mass is 16.5. The lowest BCUT2D eigenvalue weighted by Crippen LogP contribution is -2.11. The minimum absolute atomic E-state index is 0.124. The third kappa shape index (κ3) is 3.54. The van der Waals surface area contributed by atoms with Gasteiger partial charge in [0.25, 0.3) is 5.91 Å². The lowest BCUT2D eigenvalue weighted by atomic mass is 10.0. The number of anilines is 3. The standard InChI is InChI=1S/C23H17N3O4/c1-30-21-11-15(3-4-16(21)12-24)14-5-6-17-19(10-14)25-18-7-2-13(9-22(27)28)8-20(18)26-23(17)29/h2-8,10-11,25H,9H2,1H3,(H,26,29)(H,27,28). The Labute approximate surface area is 172 Å². The van der Waals surface area contributed by atoms with Crippen LogP contribution in [0, 0.1) is 11.3 Å². The summed E-state index contributed by atoms with van der Waals surface area (Å²) < 4.78 is 5.29. The Balaban J connectivity index is 1.73. The van der Waals surface area contributed by atoms with Gasteiger partial charge in [0.1, 0.15) is 11.8 Å². The van der Waals surface area contributed by atoms with Gasteiger partial charge in [-0.1, -0.05) is 18.2 Å². The quantitative estimate of drug-likeness (QED) is 0.607. The Bertz CT molecular complexity index is 1230. The van der Waals surface area contributed by atoms with Crippen LogP contribution in [0.4, 0.5) is 17.1 Å². The molecule has 0 saturated heterocycles. The van der Waals surface area contributed by atoms with Crippen LogP contribution in [0.5, 0.6) is 5.75 Å². The second-order valence-electron chi connectivity index (χ2n) is 6.82. The Hall–Kier alpha value is -4.31. The fraction of sp³-hybridized carbons (Fsp3) is 0.0870. The van der Waals surface area contributed by atoms with E-state index in [0.717, 1.165) is 11.1 Å². The minimum atomic E-state index is -0.936. The summed E-state index contributed by atoms with van der Waals surface area (Å²) >= 11 is 0. The van der Waals surface area contributed by atoms with Crippen LogP contribution in [0.2, 0.25) is 0 Å². The monoisotopic (exact) mass is 399 g/mol. The number of carboxylic acids is 1. The minimum Gasteiger partial charge on any atom is -0.495 e. The van der Waals surface area contributed by atoms with Crippen molar-refractivity contribution in [1.82, 2.24) is 0 Å². The van der Waals surface area contributed by atoms with Crippen molar-refractivity contribution in [3.8, 4) is 22.9 Å². The van der Waals surface area contributed by atoms with Crippen molar-refractivity contribution in [2.45, 2.75) is 6.42 Å². The molecule has 7 nitrogen and oxygen atoms in total. The molecule has 1 aliphatic heterocycles. The Kier molecular flexibility index (Phi) is 4.82. The number of nitriles is 1. The Morgan fingerprint density at radius 3 is 2.50 bits per heavy atom. The first-order chi connectivity index (χ1) is 14.5. The summed E-state index contributed by atoms with van der Waals surface area (Å²) in [6.45, 7) is 0. The maximum absolute atomic E-state index is 12.7. The van der Waals surface area contributed by atoms with Crippen LogP contribution in [0.1, 0.15) is 21.5 Å². The topological polar surface area (TPSA) is 111 Å². The molecule has 0 radical (unpaired) electrons. The molecule has 3 N–H and O–H groups in total. The molecule has 1 heterocycles. The zero-order valence-corrected chi connectivity index (χ0v) is 16.0. The molecule has 3 aromatic carbocycles. The molecular weight excluding hydrogens is 382 g/mol. The van der Waals surface area contributed by atoms with Crippen molar-refractivity contribution >= 4 is 28.9 Å². The zero-order chi connectivity index (χ0) is 21.3. The van der Waals surface area contributed by atoms with E-state index < -0.39 is 5.97 Å². The molecule has 148 valence electrons. The summed E-state index contributed by atoms with van der Waals surface area (Å²) in [5.41, 5.74) is 5.02. The van der Waals surface area contributed by atoms with Crippen molar-refractivity contribution in [1.29, 1.82) is 5.26 Å². The smallest absolute Gasteiger partial charge is 0.307 e. The molecular formula is C23H17N3O4. The van der Waals surface area contributed by atoms with Crippen molar-refractivity contribution < 1.29 is 19.4 Å². The van der Waals surface area contributed by atoms with Crippen LogP contribution in [0.25, 0.3) is 11.1 Å². The van der Waals surface area contributed by atoms with Crippen LogP contribution >= 0.6 is 0 Å². The van der Waals surface area contributed by atoms with Crippen LogP contribution in [0.15, 0.2) is 54.6 Å². The predicted octanol–water partition coefficient (Wildman–Crippen LogP) is 4.17. The summed E-state index contributed by atoms with van der Waals surface area (Å²) in [6.07, 6.45) is -0.124. The molecule has 7 heteroatoms. The van der Waals surface area contributed by atoms with Gasteiger partial charge in [-0.2, -0.15) is 5.26 Å². The van der Waals surface area contributed by atoms with E-state index in [4.69, 9.17) is 9.84 Å². The average molecular weight is 399 g/mol. The van der Waals surface area contributed by atoms with Gasteiger partial charge in [0.2, 0.25) is 0 Å². The second kappa shape index (κ2) is 7.60. The first-order valence-corrected chi connectivity index (χ1v) is 9.14. The lowest BCUT2D eigenvalue weighted by Gasteiger charge is -2.12. The molecule has 0 fully saturated rings. The van der Waals surface area contributed by atoms with E-state index in [1.54, 1.807) is 36.4 Å². The molecule has 0 unspecified atom stereocenters. The van der Waals surface area contributed by atoms with E-state index in [1.807, 2.05) is 18.2 Å². The van der Waals surface area contributed by atoms with E-state index in [9.17, 15) is 14.9 Å². The maximum Gasteiger partial charge on any atom is 0.307 e. The second-order valence-corrected chi connectivity index (χ2v) is 6.82. The van der Waals surface area contributed by atoms with E-state index in [2.05, 4.69) is 16.7 Å². The summed E-state index contributed by atoms with van der Waals surface area (Å²) in [5, 5.41) is 24.3. The first kappa shape index (κ1) is 19.0. The number of ether oxygens (including phenoxy) is 1. The van der Waals surface area contributed by atoms with Crippen molar-refractivity contribution in [2.75, 3.05) is 17.7 Å². The maximum atomic E-state index is 12.7. The summed E-state index contributed by atoms with van der Waals surface area (Å²) in [5.74, 6) is -0.742. The molecule has 0 aliphatic carbocycles. The van der Waals surface area contributed by atoms with Gasteiger partial charge in [-0.15, -0.1) is 0 Å². The molecule has 0 spiro atoms. The Morgan fingerprint density at radius 2 is 1.77 bits per heavy atom. The van der Waals surface area contributed by atoms with Gasteiger partial charge >= 0.3 is 5.97 Å². The summed E-state index contributed by atoms with van der Waals surface area (Å²) in [4.78, 5) is 23.7. The van der Waals surface area contributed by atoms with Crippen LogP contribution < -0.4 is 15.4 Å². The highest BCUT2D eigenvalue weighted by Crippen LogP contribution is 2.36. The van der Waals surface area contributed by atoms with Crippen molar-refractivity contribution in [3.63, 3.8) is 0 Å². The molecule has 30 heavy (non-hydrogen) atoms. The number of benzene rings is 3. The van der Waals surface area contributed by atoms with Gasteiger partial charge in [0.05, 0.1) is 41.7 Å². The average Bonchev–Trinajstić information content (AvgIpc) is 2.87. The van der Waals surface area contributed by atoms with Gasteiger partial charge in [-0.05, 0) is 53.1 Å². The predicted molar refractivity (Wildman–Crippen MR) is 112 cm³/mol. The molecule has 4 rings (SSSR count). The number of carbonyl (C=O) groups is 2. The number of amides is 1. The Morgan fingerprint density at radius 1 is 1.00 bits per heavy atom. The molecule has 0 saturated carbocycles. The number of carboxylic acid groups (broad SMARTS) is 1. The lowest BCUT2D eigenvalue weighted by molar-refractivity contribution is -0.136. The van der Waals surface area contributed by atoms with Gasteiger partial charge in [-0.3, -0.25) is 9.59 Å². The summed E-state index contributed by atoms with van der Waals surface area (Å²) in [6, 6.07) is 17.9.